The third-order valence-corrected chi connectivity index (χ3v) is 1.25. The molecule has 0 radical (unpaired) electrons. The molecule has 0 saturated heterocycles. The Balaban J connectivity index is 2.20. The van der Waals surface area contributed by atoms with Crippen molar-refractivity contribution in [2.45, 2.75) is 0 Å². The summed E-state index contributed by atoms with van der Waals surface area (Å²) >= 11 is 0. The fraction of sp³-hybridized carbons (Fsp3) is 0. The van der Waals surface area contributed by atoms with E-state index in [0.717, 1.165) is 0 Å². The number of rotatable bonds is 2. The van der Waals surface area contributed by atoms with Crippen LogP contribution in [0.1, 0.15) is 0 Å². The lowest BCUT2D eigenvalue weighted by Gasteiger charge is -1.96. The van der Waals surface area contributed by atoms with Crippen LogP contribution in [0.4, 0.5) is 11.8 Å². The molecule has 0 aromatic carbocycles. The first-order valence-electron chi connectivity index (χ1n) is 3.43. The van der Waals surface area contributed by atoms with Crippen molar-refractivity contribution in [3.05, 3.63) is 29.1 Å². The molecule has 0 amide bonds. The van der Waals surface area contributed by atoms with Crippen LogP contribution in [0.25, 0.3) is 0 Å². The number of H-pyrrole nitrogens is 1. The second-order valence-corrected chi connectivity index (χ2v) is 2.16. The Hall–Kier alpha value is -2.18. The first-order chi connectivity index (χ1) is 6.34. The van der Waals surface area contributed by atoms with Crippen molar-refractivity contribution in [2.75, 3.05) is 5.32 Å². The van der Waals surface area contributed by atoms with E-state index in [9.17, 15) is 4.79 Å². The molecule has 66 valence electrons. The molecule has 2 N–H and O–H groups in total. The molecular formula is C6H5N5O2. The van der Waals surface area contributed by atoms with Gasteiger partial charge in [-0.25, -0.2) is 9.78 Å². The SMILES string of the molecule is O=c1[nH]c(Nc2cnccn2)no1. The maximum absolute atomic E-state index is 10.5. The average Bonchev–Trinajstić information content (AvgIpc) is 2.53. The predicted octanol–water partition coefficient (Wildman–Crippen LogP) is -0.104. The van der Waals surface area contributed by atoms with Gasteiger partial charge in [0.1, 0.15) is 0 Å². The maximum Gasteiger partial charge on any atom is 0.440 e. The van der Waals surface area contributed by atoms with Crippen molar-refractivity contribution < 1.29 is 4.52 Å². The van der Waals surface area contributed by atoms with Crippen molar-refractivity contribution in [1.29, 1.82) is 0 Å². The zero-order chi connectivity index (χ0) is 9.10. The molecule has 2 aromatic rings. The molecule has 0 atom stereocenters. The van der Waals surface area contributed by atoms with Gasteiger partial charge in [0.25, 0.3) is 0 Å². The molecule has 7 nitrogen and oxygen atoms in total. The topological polar surface area (TPSA) is 96.7 Å². The molecule has 0 bridgehead atoms. The average molecular weight is 179 g/mol. The molecule has 0 aliphatic carbocycles. The summed E-state index contributed by atoms with van der Waals surface area (Å²) in [6.07, 6.45) is 4.55. The molecule has 0 unspecified atom stereocenters. The zero-order valence-electron chi connectivity index (χ0n) is 6.39. The Morgan fingerprint density at radius 1 is 1.46 bits per heavy atom. The van der Waals surface area contributed by atoms with E-state index in [1.165, 1.54) is 18.6 Å². The summed E-state index contributed by atoms with van der Waals surface area (Å²) in [5.41, 5.74) is 0. The van der Waals surface area contributed by atoms with E-state index in [-0.39, 0.29) is 5.95 Å². The van der Waals surface area contributed by atoms with E-state index >= 15 is 0 Å². The van der Waals surface area contributed by atoms with Gasteiger partial charge in [0.15, 0.2) is 5.82 Å². The highest BCUT2D eigenvalue weighted by Gasteiger charge is 1.99. The monoisotopic (exact) mass is 179 g/mol. The van der Waals surface area contributed by atoms with Crippen molar-refractivity contribution in [3.8, 4) is 0 Å². The normalized spacial score (nSPS) is 9.85. The number of nitrogens with one attached hydrogen (secondary N) is 2. The minimum atomic E-state index is -0.619. The standard InChI is InChI=1S/C6H5N5O2/c12-6-10-5(11-13-6)9-4-3-7-1-2-8-4/h1-3H,(H2,8,9,10,11,12). The number of hydrogen-bond donors (Lipinski definition) is 2. The highest BCUT2D eigenvalue weighted by atomic mass is 16.5. The number of hydrogen-bond acceptors (Lipinski definition) is 6. The van der Waals surface area contributed by atoms with Crippen molar-refractivity contribution in [1.82, 2.24) is 20.1 Å². The van der Waals surface area contributed by atoms with E-state index in [1.807, 2.05) is 0 Å². The van der Waals surface area contributed by atoms with Gasteiger partial charge in [-0.3, -0.25) is 14.5 Å². The van der Waals surface area contributed by atoms with Crippen LogP contribution in [0.3, 0.4) is 0 Å². The summed E-state index contributed by atoms with van der Waals surface area (Å²) in [6, 6.07) is 0. The number of anilines is 2. The van der Waals surface area contributed by atoms with Crippen molar-refractivity contribution in [2.24, 2.45) is 0 Å². The van der Waals surface area contributed by atoms with E-state index in [1.54, 1.807) is 0 Å². The van der Waals surface area contributed by atoms with E-state index in [4.69, 9.17) is 0 Å². The van der Waals surface area contributed by atoms with Crippen LogP contribution in [-0.4, -0.2) is 20.1 Å². The molecule has 2 heterocycles. The molecule has 0 aliphatic rings. The van der Waals surface area contributed by atoms with Crippen LogP contribution in [0.15, 0.2) is 27.9 Å². The van der Waals surface area contributed by atoms with Gasteiger partial charge in [-0.2, -0.15) is 0 Å². The van der Waals surface area contributed by atoms with E-state index in [0.29, 0.717) is 5.82 Å². The fourth-order valence-electron chi connectivity index (χ4n) is 0.768. The van der Waals surface area contributed by atoms with Crippen LogP contribution in [0.5, 0.6) is 0 Å². The number of aromatic amines is 1. The summed E-state index contributed by atoms with van der Waals surface area (Å²) in [4.78, 5) is 20.6. The van der Waals surface area contributed by atoms with E-state index < -0.39 is 5.76 Å². The van der Waals surface area contributed by atoms with Gasteiger partial charge < -0.3 is 5.32 Å². The minimum absolute atomic E-state index is 0.200. The number of aromatic nitrogens is 4. The first-order valence-corrected chi connectivity index (χ1v) is 3.43. The summed E-state index contributed by atoms with van der Waals surface area (Å²) in [6.45, 7) is 0. The van der Waals surface area contributed by atoms with Crippen molar-refractivity contribution >= 4 is 11.8 Å². The minimum Gasteiger partial charge on any atom is -0.306 e. The largest absolute Gasteiger partial charge is 0.440 e. The van der Waals surface area contributed by atoms with Gasteiger partial charge in [-0.1, -0.05) is 0 Å². The Labute approximate surface area is 71.8 Å². The van der Waals surface area contributed by atoms with Gasteiger partial charge in [0.05, 0.1) is 6.20 Å². The lowest BCUT2D eigenvalue weighted by atomic mass is 10.6. The van der Waals surface area contributed by atoms with Crippen molar-refractivity contribution in [3.63, 3.8) is 0 Å². The Morgan fingerprint density at radius 3 is 3.00 bits per heavy atom. The molecule has 0 fully saturated rings. The smallest absolute Gasteiger partial charge is 0.306 e. The quantitative estimate of drug-likeness (QED) is 0.667. The van der Waals surface area contributed by atoms with Crippen LogP contribution in [0.2, 0.25) is 0 Å². The van der Waals surface area contributed by atoms with Crippen LogP contribution in [0, 0.1) is 0 Å². The Bertz CT molecular complexity index is 434. The summed E-state index contributed by atoms with van der Waals surface area (Å²) < 4.78 is 4.26. The van der Waals surface area contributed by atoms with Gasteiger partial charge >= 0.3 is 5.76 Å². The summed E-state index contributed by atoms with van der Waals surface area (Å²) in [5, 5.41) is 6.08. The highest BCUT2D eigenvalue weighted by molar-refractivity contribution is 5.43. The van der Waals surface area contributed by atoms with Gasteiger partial charge in [-0.15, -0.1) is 0 Å². The first kappa shape index (κ1) is 7.47. The second-order valence-electron chi connectivity index (χ2n) is 2.16. The lowest BCUT2D eigenvalue weighted by molar-refractivity contribution is 0.388. The maximum atomic E-state index is 10.5. The van der Waals surface area contributed by atoms with Gasteiger partial charge in [0.2, 0.25) is 5.95 Å². The Kier molecular flexibility index (Phi) is 1.75. The predicted molar refractivity (Wildman–Crippen MR) is 42.4 cm³/mol. The Morgan fingerprint density at radius 2 is 2.38 bits per heavy atom. The lowest BCUT2D eigenvalue weighted by Crippen LogP contribution is -1.99. The molecule has 2 rings (SSSR count). The second kappa shape index (κ2) is 3.05. The van der Waals surface area contributed by atoms with Crippen LogP contribution < -0.4 is 11.1 Å². The fourth-order valence-corrected chi connectivity index (χ4v) is 0.768. The summed E-state index contributed by atoms with van der Waals surface area (Å²) in [5.74, 6) is 0.0592. The molecule has 2 aromatic heterocycles. The zero-order valence-corrected chi connectivity index (χ0v) is 6.39. The third kappa shape index (κ3) is 1.70. The van der Waals surface area contributed by atoms with Crippen LogP contribution >= 0.6 is 0 Å². The van der Waals surface area contributed by atoms with Crippen LogP contribution in [-0.2, 0) is 0 Å². The van der Waals surface area contributed by atoms with E-state index in [2.05, 4.69) is 29.9 Å². The highest BCUT2D eigenvalue weighted by Crippen LogP contribution is 2.03. The molecule has 0 saturated carbocycles. The molecule has 0 spiro atoms. The molecule has 13 heavy (non-hydrogen) atoms. The molecular weight excluding hydrogens is 174 g/mol. The third-order valence-electron chi connectivity index (χ3n) is 1.25. The summed E-state index contributed by atoms with van der Waals surface area (Å²) in [7, 11) is 0. The van der Waals surface area contributed by atoms with Gasteiger partial charge in [-0.05, 0) is 5.16 Å². The number of nitrogens with zero attached hydrogens (tertiary/aromatic N) is 3. The molecule has 7 heteroatoms. The van der Waals surface area contributed by atoms with Gasteiger partial charge in [0, 0.05) is 12.4 Å². The molecule has 0 aliphatic heterocycles.